The van der Waals surface area contributed by atoms with E-state index in [-0.39, 0.29) is 5.76 Å². The van der Waals surface area contributed by atoms with E-state index in [0.29, 0.717) is 11.4 Å². The molecule has 8 heteroatoms. The van der Waals surface area contributed by atoms with Gasteiger partial charge in [0.25, 0.3) is 5.91 Å². The predicted molar refractivity (Wildman–Crippen MR) is 83.9 cm³/mol. The maximum atomic E-state index is 12.1. The minimum Gasteiger partial charge on any atom is -0.459 e. The van der Waals surface area contributed by atoms with E-state index in [9.17, 15) is 14.4 Å². The Kier molecular flexibility index (Phi) is 4.98. The summed E-state index contributed by atoms with van der Waals surface area (Å²) in [7, 11) is 0. The van der Waals surface area contributed by atoms with E-state index in [1.807, 2.05) is 0 Å². The number of amides is 4. The molecule has 2 rings (SSSR count). The molecule has 4 amide bonds. The molecule has 120 valence electrons. The average molecular weight is 316 g/mol. The molecular formula is C15H16N4O4. The van der Waals surface area contributed by atoms with Crippen LogP contribution in [0.25, 0.3) is 0 Å². The van der Waals surface area contributed by atoms with Crippen LogP contribution in [0.1, 0.15) is 17.5 Å². The number of carbonyl (C=O) groups excluding carboxylic acids is 3. The number of primary amides is 1. The molecule has 0 fully saturated rings. The van der Waals surface area contributed by atoms with Gasteiger partial charge in [-0.25, -0.2) is 4.79 Å². The van der Waals surface area contributed by atoms with Crippen LogP contribution in [0.4, 0.5) is 16.2 Å². The lowest BCUT2D eigenvalue weighted by atomic mass is 10.2. The number of urea groups is 1. The van der Waals surface area contributed by atoms with E-state index in [1.54, 1.807) is 37.3 Å². The molecule has 5 N–H and O–H groups in total. The number of nitrogens with two attached hydrogens (primary N) is 1. The van der Waals surface area contributed by atoms with Crippen molar-refractivity contribution in [2.75, 3.05) is 10.6 Å². The Labute approximate surface area is 132 Å². The molecule has 8 nitrogen and oxygen atoms in total. The molecule has 0 spiro atoms. The summed E-state index contributed by atoms with van der Waals surface area (Å²) < 4.78 is 4.95. The van der Waals surface area contributed by atoms with E-state index in [4.69, 9.17) is 10.2 Å². The molecule has 0 saturated heterocycles. The Morgan fingerprint density at radius 3 is 2.39 bits per heavy atom. The number of rotatable bonds is 5. The van der Waals surface area contributed by atoms with Crippen LogP contribution in [0.2, 0.25) is 0 Å². The van der Waals surface area contributed by atoms with Crippen LogP contribution in [0, 0.1) is 0 Å². The van der Waals surface area contributed by atoms with Crippen LogP contribution in [-0.4, -0.2) is 23.9 Å². The van der Waals surface area contributed by atoms with Crippen LogP contribution in [0.15, 0.2) is 47.1 Å². The van der Waals surface area contributed by atoms with Gasteiger partial charge in [-0.05, 0) is 37.3 Å². The van der Waals surface area contributed by atoms with E-state index < -0.39 is 23.9 Å². The van der Waals surface area contributed by atoms with Gasteiger partial charge in [-0.1, -0.05) is 6.07 Å². The van der Waals surface area contributed by atoms with Gasteiger partial charge in [0.2, 0.25) is 5.91 Å². The maximum Gasteiger partial charge on any atom is 0.316 e. The third-order valence-corrected chi connectivity index (χ3v) is 2.88. The summed E-state index contributed by atoms with van der Waals surface area (Å²) in [5.74, 6) is -0.778. The van der Waals surface area contributed by atoms with Crippen molar-refractivity contribution in [3.63, 3.8) is 0 Å². The standard InChI is InChI=1S/C15H16N4O4/c1-9(17-14(21)12-6-3-7-23-12)13(20)18-10-4-2-5-11(8-10)19-15(16)22/h2-9H,1H3,(H,17,21)(H,18,20)(H3,16,19,22). The first-order chi connectivity index (χ1) is 11.0. The summed E-state index contributed by atoms with van der Waals surface area (Å²) in [5, 5.41) is 7.55. The second-order valence-corrected chi connectivity index (χ2v) is 4.73. The van der Waals surface area contributed by atoms with E-state index in [0.717, 1.165) is 0 Å². The highest BCUT2D eigenvalue weighted by Crippen LogP contribution is 2.15. The van der Waals surface area contributed by atoms with Gasteiger partial charge in [0.05, 0.1) is 6.26 Å². The zero-order valence-electron chi connectivity index (χ0n) is 12.3. The van der Waals surface area contributed by atoms with Gasteiger partial charge >= 0.3 is 6.03 Å². The molecule has 0 bridgehead atoms. The van der Waals surface area contributed by atoms with E-state index in [2.05, 4.69) is 16.0 Å². The van der Waals surface area contributed by atoms with Gasteiger partial charge in [0.1, 0.15) is 6.04 Å². The van der Waals surface area contributed by atoms with Crippen LogP contribution >= 0.6 is 0 Å². The molecule has 2 aromatic rings. The molecule has 1 unspecified atom stereocenters. The van der Waals surface area contributed by atoms with E-state index in [1.165, 1.54) is 12.3 Å². The fourth-order valence-electron chi connectivity index (χ4n) is 1.81. The first-order valence-electron chi connectivity index (χ1n) is 6.77. The molecule has 1 aromatic carbocycles. The van der Waals surface area contributed by atoms with Gasteiger partial charge in [-0.2, -0.15) is 0 Å². The molecule has 0 saturated carbocycles. The number of hydrogen-bond acceptors (Lipinski definition) is 4. The second-order valence-electron chi connectivity index (χ2n) is 4.73. The lowest BCUT2D eigenvalue weighted by molar-refractivity contribution is -0.117. The quantitative estimate of drug-likeness (QED) is 0.667. The Hall–Kier alpha value is -3.29. The second kappa shape index (κ2) is 7.12. The molecule has 0 aliphatic heterocycles. The van der Waals surface area contributed by atoms with Crippen LogP contribution in [-0.2, 0) is 4.79 Å². The fourth-order valence-corrected chi connectivity index (χ4v) is 1.81. The lowest BCUT2D eigenvalue weighted by Gasteiger charge is -2.14. The predicted octanol–water partition coefficient (Wildman–Crippen LogP) is 1.53. The molecule has 1 aromatic heterocycles. The van der Waals surface area contributed by atoms with Gasteiger partial charge in [-0.15, -0.1) is 0 Å². The van der Waals surface area contributed by atoms with Crippen molar-refractivity contribution < 1.29 is 18.8 Å². The van der Waals surface area contributed by atoms with Gasteiger partial charge < -0.3 is 26.1 Å². The van der Waals surface area contributed by atoms with Crippen LogP contribution in [0.5, 0.6) is 0 Å². The highest BCUT2D eigenvalue weighted by atomic mass is 16.3. The Morgan fingerprint density at radius 1 is 1.09 bits per heavy atom. The van der Waals surface area contributed by atoms with E-state index >= 15 is 0 Å². The monoisotopic (exact) mass is 316 g/mol. The lowest BCUT2D eigenvalue weighted by Crippen LogP contribution is -2.41. The highest BCUT2D eigenvalue weighted by molar-refractivity contribution is 6.00. The molecule has 23 heavy (non-hydrogen) atoms. The first kappa shape index (κ1) is 16.1. The summed E-state index contributed by atoms with van der Waals surface area (Å²) in [6, 6.07) is 8.06. The topological polar surface area (TPSA) is 126 Å². The first-order valence-corrected chi connectivity index (χ1v) is 6.77. The smallest absolute Gasteiger partial charge is 0.316 e. The Bertz CT molecular complexity index is 712. The average Bonchev–Trinajstić information content (AvgIpc) is 3.01. The summed E-state index contributed by atoms with van der Waals surface area (Å²) >= 11 is 0. The van der Waals surface area contributed by atoms with Crippen molar-refractivity contribution in [3.8, 4) is 0 Å². The molecule has 0 aliphatic rings. The number of benzene rings is 1. The van der Waals surface area contributed by atoms with Crippen molar-refractivity contribution >= 4 is 29.2 Å². The summed E-state index contributed by atoms with van der Waals surface area (Å²) in [6.07, 6.45) is 1.37. The zero-order valence-corrected chi connectivity index (χ0v) is 12.3. The normalized spacial score (nSPS) is 11.3. The van der Waals surface area contributed by atoms with Crippen molar-refractivity contribution in [1.29, 1.82) is 0 Å². The van der Waals surface area contributed by atoms with Crippen molar-refractivity contribution in [1.82, 2.24) is 5.32 Å². The highest BCUT2D eigenvalue weighted by Gasteiger charge is 2.18. The minimum atomic E-state index is -0.777. The van der Waals surface area contributed by atoms with Gasteiger partial charge in [0.15, 0.2) is 5.76 Å². The van der Waals surface area contributed by atoms with Crippen molar-refractivity contribution in [2.45, 2.75) is 13.0 Å². The fraction of sp³-hybridized carbons (Fsp3) is 0.133. The third kappa shape index (κ3) is 4.60. The Balaban J connectivity index is 1.95. The summed E-state index contributed by atoms with van der Waals surface area (Å²) in [4.78, 5) is 34.7. The molecule has 0 radical (unpaired) electrons. The molecular weight excluding hydrogens is 300 g/mol. The Morgan fingerprint density at radius 2 is 1.78 bits per heavy atom. The third-order valence-electron chi connectivity index (χ3n) is 2.88. The number of nitrogens with one attached hydrogen (secondary N) is 3. The summed E-state index contributed by atoms with van der Waals surface area (Å²) in [6.45, 7) is 1.54. The number of hydrogen-bond donors (Lipinski definition) is 4. The molecule has 0 aliphatic carbocycles. The number of anilines is 2. The van der Waals surface area contributed by atoms with Gasteiger partial charge in [-0.3, -0.25) is 9.59 Å². The number of carbonyl (C=O) groups is 3. The maximum absolute atomic E-state index is 12.1. The largest absolute Gasteiger partial charge is 0.459 e. The van der Waals surface area contributed by atoms with Gasteiger partial charge in [0, 0.05) is 11.4 Å². The summed E-state index contributed by atoms with van der Waals surface area (Å²) in [5.41, 5.74) is 5.94. The molecule has 1 atom stereocenters. The van der Waals surface area contributed by atoms with Crippen LogP contribution < -0.4 is 21.7 Å². The SMILES string of the molecule is CC(NC(=O)c1ccco1)C(=O)Nc1cccc(NC(N)=O)c1. The van der Waals surface area contributed by atoms with Crippen LogP contribution in [0.3, 0.4) is 0 Å². The molecule has 1 heterocycles. The number of furan rings is 1. The van der Waals surface area contributed by atoms with Crippen molar-refractivity contribution in [3.05, 3.63) is 48.4 Å². The zero-order chi connectivity index (χ0) is 16.8. The minimum absolute atomic E-state index is 0.123. The van der Waals surface area contributed by atoms with Crippen molar-refractivity contribution in [2.24, 2.45) is 5.73 Å².